The molecule has 14 heavy (non-hydrogen) atoms. The van der Waals surface area contributed by atoms with Crippen molar-refractivity contribution in [3.05, 3.63) is 35.6 Å². The van der Waals surface area contributed by atoms with Gasteiger partial charge in [0.15, 0.2) is 0 Å². The van der Waals surface area contributed by atoms with Gasteiger partial charge in [-0.05, 0) is 38.2 Å². The zero-order valence-corrected chi connectivity index (χ0v) is 9.33. The van der Waals surface area contributed by atoms with Crippen molar-refractivity contribution in [2.45, 2.75) is 26.3 Å². The molecule has 1 rings (SSSR count). The lowest BCUT2D eigenvalue weighted by molar-refractivity contribution is 0.281. The molecule has 2 nitrogen and oxygen atoms in total. The van der Waals surface area contributed by atoms with Crippen LogP contribution in [-0.2, 0) is 0 Å². The fourth-order valence-electron chi connectivity index (χ4n) is 2.06. The molecule has 0 aromatic heterocycles. The molecule has 1 atom stereocenters. The van der Waals surface area contributed by atoms with Crippen LogP contribution in [0.1, 0.15) is 20.3 Å². The van der Waals surface area contributed by atoms with E-state index in [1.165, 1.54) is 11.1 Å². The number of nitrogens with two attached hydrogens (primary N) is 1. The van der Waals surface area contributed by atoms with Crippen molar-refractivity contribution in [2.75, 3.05) is 13.6 Å². The fraction of sp³-hybridized carbons (Fsp3) is 0.500. The lowest BCUT2D eigenvalue weighted by atomic mass is 9.96. The van der Waals surface area contributed by atoms with E-state index in [0.29, 0.717) is 6.04 Å². The third-order valence-electron chi connectivity index (χ3n) is 2.62. The van der Waals surface area contributed by atoms with E-state index >= 15 is 0 Å². The molecule has 0 amide bonds. The predicted octanol–water partition coefficient (Wildman–Crippen LogP) is 2.06. The van der Waals surface area contributed by atoms with E-state index in [-0.39, 0.29) is 0 Å². The molecule has 2 heteroatoms. The molecule has 0 unspecified atom stereocenters. The molecule has 0 aromatic carbocycles. The molecule has 0 radical (unpaired) electrons. The van der Waals surface area contributed by atoms with E-state index in [0.717, 1.165) is 13.0 Å². The van der Waals surface area contributed by atoms with E-state index in [2.05, 4.69) is 37.9 Å². The average molecular weight is 192 g/mol. The molecular weight excluding hydrogens is 172 g/mol. The van der Waals surface area contributed by atoms with Crippen LogP contribution >= 0.6 is 0 Å². The number of likely N-dealkylation sites (N-methyl/N-ethyl adjacent to an activating group) is 1. The van der Waals surface area contributed by atoms with Crippen molar-refractivity contribution in [1.82, 2.24) is 4.90 Å². The Morgan fingerprint density at radius 1 is 1.64 bits per heavy atom. The smallest absolute Gasteiger partial charge is 0.0345 e. The maximum Gasteiger partial charge on any atom is 0.0345 e. The van der Waals surface area contributed by atoms with Crippen molar-refractivity contribution < 1.29 is 0 Å². The standard InChI is InChI=1S/C12H20N2/c1-4-12-11(6-5-7-13)8-10(2)9-14(12)3/h5-8,12H,4,9,13H2,1-3H3/b7-5-,11-6-/t12-/m1/s1. The molecule has 0 aromatic rings. The summed E-state index contributed by atoms with van der Waals surface area (Å²) in [4.78, 5) is 2.38. The molecule has 2 N–H and O–H groups in total. The highest BCUT2D eigenvalue weighted by atomic mass is 15.1. The number of hydrogen-bond acceptors (Lipinski definition) is 2. The van der Waals surface area contributed by atoms with E-state index in [9.17, 15) is 0 Å². The van der Waals surface area contributed by atoms with E-state index in [4.69, 9.17) is 5.73 Å². The lowest BCUT2D eigenvalue weighted by Crippen LogP contribution is -2.36. The van der Waals surface area contributed by atoms with Crippen molar-refractivity contribution >= 4 is 0 Å². The van der Waals surface area contributed by atoms with Gasteiger partial charge in [-0.25, -0.2) is 0 Å². The molecule has 78 valence electrons. The third-order valence-corrected chi connectivity index (χ3v) is 2.62. The van der Waals surface area contributed by atoms with Crippen LogP contribution in [0, 0.1) is 0 Å². The normalized spacial score (nSPS) is 27.2. The topological polar surface area (TPSA) is 29.3 Å². The summed E-state index contributed by atoms with van der Waals surface area (Å²) in [6.07, 6.45) is 9.00. The highest BCUT2D eigenvalue weighted by molar-refractivity contribution is 5.34. The Balaban J connectivity index is 2.93. The average Bonchev–Trinajstić information content (AvgIpc) is 2.14. The van der Waals surface area contributed by atoms with Crippen molar-refractivity contribution in [2.24, 2.45) is 5.73 Å². The Morgan fingerprint density at radius 3 is 2.93 bits per heavy atom. The minimum absolute atomic E-state index is 0.537. The van der Waals surface area contributed by atoms with Gasteiger partial charge in [-0.1, -0.05) is 24.6 Å². The predicted molar refractivity (Wildman–Crippen MR) is 61.9 cm³/mol. The monoisotopic (exact) mass is 192 g/mol. The molecule has 0 saturated heterocycles. The Labute approximate surface area is 86.8 Å². The summed E-state index contributed by atoms with van der Waals surface area (Å²) in [6, 6.07) is 0.537. The Bertz CT molecular complexity index is 274. The Kier molecular flexibility index (Phi) is 3.96. The van der Waals surface area contributed by atoms with E-state index in [1.807, 2.05) is 6.08 Å². The zero-order valence-electron chi connectivity index (χ0n) is 9.33. The maximum atomic E-state index is 5.34. The molecule has 1 aliphatic heterocycles. The zero-order chi connectivity index (χ0) is 10.6. The van der Waals surface area contributed by atoms with Crippen LogP contribution in [0.5, 0.6) is 0 Å². The van der Waals surface area contributed by atoms with Gasteiger partial charge in [0, 0.05) is 12.6 Å². The minimum atomic E-state index is 0.537. The first-order valence-corrected chi connectivity index (χ1v) is 5.15. The summed E-state index contributed by atoms with van der Waals surface area (Å²) in [5.74, 6) is 0. The Morgan fingerprint density at radius 2 is 2.36 bits per heavy atom. The number of hydrogen-bond donors (Lipinski definition) is 1. The molecule has 0 bridgehead atoms. The van der Waals surface area contributed by atoms with E-state index in [1.54, 1.807) is 6.20 Å². The summed E-state index contributed by atoms with van der Waals surface area (Å²) in [7, 11) is 2.17. The third kappa shape index (κ3) is 2.48. The molecular formula is C12H20N2. The van der Waals surface area contributed by atoms with Crippen LogP contribution < -0.4 is 5.73 Å². The van der Waals surface area contributed by atoms with Gasteiger partial charge >= 0.3 is 0 Å². The van der Waals surface area contributed by atoms with Crippen molar-refractivity contribution in [1.29, 1.82) is 0 Å². The summed E-state index contributed by atoms with van der Waals surface area (Å²) in [6.45, 7) is 5.46. The van der Waals surface area contributed by atoms with Crippen LogP contribution in [0.2, 0.25) is 0 Å². The summed E-state index contributed by atoms with van der Waals surface area (Å²) in [5, 5.41) is 0. The first kappa shape index (κ1) is 11.1. The first-order valence-electron chi connectivity index (χ1n) is 5.15. The maximum absolute atomic E-state index is 5.34. The fourth-order valence-corrected chi connectivity index (χ4v) is 2.06. The van der Waals surface area contributed by atoms with Crippen LogP contribution in [-0.4, -0.2) is 24.5 Å². The summed E-state index contributed by atoms with van der Waals surface area (Å²) < 4.78 is 0. The number of nitrogens with zero attached hydrogens (tertiary/aromatic N) is 1. The van der Waals surface area contributed by atoms with Gasteiger partial charge in [0.25, 0.3) is 0 Å². The van der Waals surface area contributed by atoms with Gasteiger partial charge in [0.1, 0.15) is 0 Å². The van der Waals surface area contributed by atoms with Gasteiger partial charge in [-0.3, -0.25) is 4.90 Å². The van der Waals surface area contributed by atoms with Crippen molar-refractivity contribution in [3.8, 4) is 0 Å². The minimum Gasteiger partial charge on any atom is -0.405 e. The quantitative estimate of drug-likeness (QED) is 0.725. The highest BCUT2D eigenvalue weighted by Gasteiger charge is 2.19. The van der Waals surface area contributed by atoms with Gasteiger partial charge in [-0.2, -0.15) is 0 Å². The van der Waals surface area contributed by atoms with Gasteiger partial charge in [0.2, 0.25) is 0 Å². The molecule has 0 spiro atoms. The molecule has 0 aliphatic carbocycles. The highest BCUT2D eigenvalue weighted by Crippen LogP contribution is 2.22. The van der Waals surface area contributed by atoms with Gasteiger partial charge in [0.05, 0.1) is 0 Å². The number of rotatable bonds is 2. The molecule has 1 heterocycles. The summed E-state index contributed by atoms with van der Waals surface area (Å²) in [5.41, 5.74) is 8.11. The second kappa shape index (κ2) is 5.01. The Hall–Kier alpha value is -1.02. The second-order valence-corrected chi connectivity index (χ2v) is 3.88. The molecule has 0 saturated carbocycles. The summed E-state index contributed by atoms with van der Waals surface area (Å²) >= 11 is 0. The van der Waals surface area contributed by atoms with Gasteiger partial charge in [-0.15, -0.1) is 0 Å². The number of allylic oxidation sites excluding steroid dienone is 2. The van der Waals surface area contributed by atoms with Crippen LogP contribution in [0.15, 0.2) is 35.6 Å². The van der Waals surface area contributed by atoms with Crippen molar-refractivity contribution in [3.63, 3.8) is 0 Å². The van der Waals surface area contributed by atoms with E-state index < -0.39 is 0 Å². The van der Waals surface area contributed by atoms with Gasteiger partial charge < -0.3 is 5.73 Å². The first-order chi connectivity index (χ1) is 6.69. The lowest BCUT2D eigenvalue weighted by Gasteiger charge is -2.32. The largest absolute Gasteiger partial charge is 0.405 e. The van der Waals surface area contributed by atoms with Crippen LogP contribution in [0.25, 0.3) is 0 Å². The molecule has 1 aliphatic rings. The van der Waals surface area contributed by atoms with Crippen LogP contribution in [0.3, 0.4) is 0 Å². The second-order valence-electron chi connectivity index (χ2n) is 3.88. The molecule has 0 fully saturated rings. The SMILES string of the molecule is CC[C@@H]1/C(=C\C=C/N)C=C(C)CN1C. The van der Waals surface area contributed by atoms with Crippen LogP contribution in [0.4, 0.5) is 0 Å².